The Morgan fingerprint density at radius 1 is 1.06 bits per heavy atom. The lowest BCUT2D eigenvalue weighted by atomic mass is 9.95. The molecule has 1 heterocycles. The molecule has 0 aliphatic carbocycles. The molecule has 0 spiro atoms. The van der Waals surface area contributed by atoms with Gasteiger partial charge >= 0.3 is 0 Å². The van der Waals surface area contributed by atoms with E-state index in [1.165, 1.54) is 6.07 Å². The van der Waals surface area contributed by atoms with E-state index in [1.807, 2.05) is 6.92 Å². The highest BCUT2D eigenvalue weighted by Gasteiger charge is 2.27. The molecule has 1 aliphatic heterocycles. The zero-order chi connectivity index (χ0) is 22.2. The average molecular weight is 425 g/mol. The molecule has 0 atom stereocenters. The van der Waals surface area contributed by atoms with E-state index in [0.717, 1.165) is 0 Å². The standard InChI is InChI=1S/C23H27N3O5/c1-2-31-18-9-7-16(8-10-18)22(29)24-15-21(28)26-13-11-17(12-14-26)23(30)25-19-5-3-4-6-20(19)27/h3-10,17,27H,2,11-15H2,1H3,(H,24,29)(H,25,30). The number of anilines is 1. The van der Waals surface area contributed by atoms with Crippen molar-refractivity contribution in [3.05, 3.63) is 54.1 Å². The van der Waals surface area contributed by atoms with Gasteiger partial charge in [0.2, 0.25) is 11.8 Å². The molecule has 1 saturated heterocycles. The quantitative estimate of drug-likeness (QED) is 0.591. The fourth-order valence-electron chi connectivity index (χ4n) is 3.44. The van der Waals surface area contributed by atoms with Crippen LogP contribution in [0.25, 0.3) is 0 Å². The van der Waals surface area contributed by atoms with Gasteiger partial charge in [-0.15, -0.1) is 0 Å². The molecule has 2 aromatic carbocycles. The monoisotopic (exact) mass is 425 g/mol. The summed E-state index contributed by atoms with van der Waals surface area (Å²) in [7, 11) is 0. The van der Waals surface area contributed by atoms with Gasteiger partial charge in [-0.1, -0.05) is 12.1 Å². The summed E-state index contributed by atoms with van der Waals surface area (Å²) >= 11 is 0. The van der Waals surface area contributed by atoms with E-state index in [1.54, 1.807) is 47.4 Å². The molecule has 3 N–H and O–H groups in total. The number of hydrogen-bond acceptors (Lipinski definition) is 5. The highest BCUT2D eigenvalue weighted by atomic mass is 16.5. The normalized spacial score (nSPS) is 14.0. The zero-order valence-corrected chi connectivity index (χ0v) is 17.5. The number of aromatic hydroxyl groups is 1. The summed E-state index contributed by atoms with van der Waals surface area (Å²) in [5.41, 5.74) is 0.832. The van der Waals surface area contributed by atoms with Crippen LogP contribution in [0.1, 0.15) is 30.1 Å². The van der Waals surface area contributed by atoms with Crippen LogP contribution < -0.4 is 15.4 Å². The molecule has 0 aromatic heterocycles. The second kappa shape index (κ2) is 10.5. The first-order chi connectivity index (χ1) is 15.0. The Morgan fingerprint density at radius 2 is 1.74 bits per heavy atom. The number of nitrogens with zero attached hydrogens (tertiary/aromatic N) is 1. The summed E-state index contributed by atoms with van der Waals surface area (Å²) in [6.07, 6.45) is 1.05. The Balaban J connectivity index is 1.43. The van der Waals surface area contributed by atoms with Crippen molar-refractivity contribution in [3.8, 4) is 11.5 Å². The first-order valence-corrected chi connectivity index (χ1v) is 10.4. The van der Waals surface area contributed by atoms with Crippen LogP contribution in [0.15, 0.2) is 48.5 Å². The van der Waals surface area contributed by atoms with Gasteiger partial charge in [0.1, 0.15) is 11.5 Å². The van der Waals surface area contributed by atoms with Crippen molar-refractivity contribution in [2.75, 3.05) is 31.6 Å². The number of piperidine rings is 1. The van der Waals surface area contributed by atoms with Crippen LogP contribution in [0.2, 0.25) is 0 Å². The number of amides is 3. The highest BCUT2D eigenvalue weighted by Crippen LogP contribution is 2.24. The third-order valence-electron chi connectivity index (χ3n) is 5.21. The predicted octanol–water partition coefficient (Wildman–Crippen LogP) is 2.40. The molecule has 0 saturated carbocycles. The van der Waals surface area contributed by atoms with Gasteiger partial charge in [0, 0.05) is 24.6 Å². The Hall–Kier alpha value is -3.55. The number of benzene rings is 2. The summed E-state index contributed by atoms with van der Waals surface area (Å²) in [5.74, 6) is -0.206. The zero-order valence-electron chi connectivity index (χ0n) is 17.5. The lowest BCUT2D eigenvalue weighted by Crippen LogP contribution is -2.45. The number of carbonyl (C=O) groups is 3. The minimum Gasteiger partial charge on any atom is -0.506 e. The van der Waals surface area contributed by atoms with Crippen molar-refractivity contribution in [2.45, 2.75) is 19.8 Å². The molecule has 0 unspecified atom stereocenters. The van der Waals surface area contributed by atoms with Crippen LogP contribution in [0, 0.1) is 5.92 Å². The number of rotatable bonds is 7. The van der Waals surface area contributed by atoms with Crippen LogP contribution in [0.3, 0.4) is 0 Å². The first kappa shape index (κ1) is 22.1. The SMILES string of the molecule is CCOc1ccc(C(=O)NCC(=O)N2CCC(C(=O)Nc3ccccc3O)CC2)cc1. The lowest BCUT2D eigenvalue weighted by Gasteiger charge is -2.31. The minimum atomic E-state index is -0.326. The van der Waals surface area contributed by atoms with Gasteiger partial charge in [0.25, 0.3) is 5.91 Å². The molecule has 164 valence electrons. The number of nitrogens with one attached hydrogen (secondary N) is 2. The maximum absolute atomic E-state index is 12.4. The number of phenols is 1. The van der Waals surface area contributed by atoms with Crippen LogP contribution in [0.4, 0.5) is 5.69 Å². The van der Waals surface area contributed by atoms with Gasteiger partial charge in [-0.25, -0.2) is 0 Å². The summed E-state index contributed by atoms with van der Waals surface area (Å²) in [4.78, 5) is 38.8. The van der Waals surface area contributed by atoms with E-state index in [-0.39, 0.29) is 35.9 Å². The largest absolute Gasteiger partial charge is 0.506 e. The summed E-state index contributed by atoms with van der Waals surface area (Å²) in [6, 6.07) is 13.3. The van der Waals surface area contributed by atoms with E-state index in [9.17, 15) is 19.5 Å². The fraction of sp³-hybridized carbons (Fsp3) is 0.348. The van der Waals surface area contributed by atoms with E-state index >= 15 is 0 Å². The van der Waals surface area contributed by atoms with Crippen molar-refractivity contribution in [3.63, 3.8) is 0 Å². The summed E-state index contributed by atoms with van der Waals surface area (Å²) in [6.45, 7) is 3.22. The molecule has 1 aliphatic rings. The fourth-order valence-corrected chi connectivity index (χ4v) is 3.44. The molecule has 2 aromatic rings. The Kier molecular flexibility index (Phi) is 7.48. The lowest BCUT2D eigenvalue weighted by molar-refractivity contribution is -0.133. The molecule has 0 radical (unpaired) electrons. The molecular weight excluding hydrogens is 398 g/mol. The van der Waals surface area contributed by atoms with E-state index < -0.39 is 0 Å². The second-order valence-corrected chi connectivity index (χ2v) is 7.30. The second-order valence-electron chi connectivity index (χ2n) is 7.30. The van der Waals surface area contributed by atoms with Crippen LogP contribution >= 0.6 is 0 Å². The maximum Gasteiger partial charge on any atom is 0.251 e. The number of carbonyl (C=O) groups excluding carboxylic acids is 3. The molecule has 1 fully saturated rings. The van der Waals surface area contributed by atoms with Crippen LogP contribution in [-0.4, -0.2) is 54.0 Å². The van der Waals surface area contributed by atoms with Crippen molar-refractivity contribution >= 4 is 23.4 Å². The number of hydrogen-bond donors (Lipinski definition) is 3. The molecule has 31 heavy (non-hydrogen) atoms. The molecule has 8 nitrogen and oxygen atoms in total. The van der Waals surface area contributed by atoms with Crippen LogP contribution in [-0.2, 0) is 9.59 Å². The Bertz CT molecular complexity index is 921. The number of para-hydroxylation sites is 2. The van der Waals surface area contributed by atoms with Crippen molar-refractivity contribution in [1.29, 1.82) is 0 Å². The average Bonchev–Trinajstić information content (AvgIpc) is 2.79. The molecule has 3 rings (SSSR count). The van der Waals surface area contributed by atoms with Crippen molar-refractivity contribution < 1.29 is 24.2 Å². The number of ether oxygens (including phenoxy) is 1. The molecule has 8 heteroatoms. The third-order valence-corrected chi connectivity index (χ3v) is 5.21. The number of likely N-dealkylation sites (tertiary alicyclic amines) is 1. The van der Waals surface area contributed by atoms with Gasteiger partial charge in [0.05, 0.1) is 18.8 Å². The predicted molar refractivity (Wildman–Crippen MR) is 116 cm³/mol. The maximum atomic E-state index is 12.4. The van der Waals surface area contributed by atoms with Gasteiger partial charge in [0.15, 0.2) is 0 Å². The first-order valence-electron chi connectivity index (χ1n) is 10.4. The number of phenolic OH excluding ortho intramolecular Hbond substituents is 1. The third kappa shape index (κ3) is 5.97. The summed E-state index contributed by atoms with van der Waals surface area (Å²) < 4.78 is 5.35. The molecule has 3 amide bonds. The Morgan fingerprint density at radius 3 is 2.39 bits per heavy atom. The topological polar surface area (TPSA) is 108 Å². The molecular formula is C23H27N3O5. The van der Waals surface area contributed by atoms with E-state index in [2.05, 4.69) is 10.6 Å². The van der Waals surface area contributed by atoms with Gasteiger partial charge < -0.3 is 25.4 Å². The van der Waals surface area contributed by atoms with E-state index in [4.69, 9.17) is 4.74 Å². The Labute approximate surface area is 181 Å². The highest BCUT2D eigenvalue weighted by molar-refractivity contribution is 5.97. The van der Waals surface area contributed by atoms with Crippen molar-refractivity contribution in [1.82, 2.24) is 10.2 Å². The minimum absolute atomic E-state index is 0.0201. The summed E-state index contributed by atoms with van der Waals surface area (Å²) in [5, 5.41) is 15.2. The van der Waals surface area contributed by atoms with E-state index in [0.29, 0.717) is 49.5 Å². The smallest absolute Gasteiger partial charge is 0.251 e. The van der Waals surface area contributed by atoms with Gasteiger partial charge in [-0.2, -0.15) is 0 Å². The van der Waals surface area contributed by atoms with Gasteiger partial charge in [-0.3, -0.25) is 14.4 Å². The molecule has 0 bridgehead atoms. The van der Waals surface area contributed by atoms with Gasteiger partial charge in [-0.05, 0) is 56.2 Å². The van der Waals surface area contributed by atoms with Crippen LogP contribution in [0.5, 0.6) is 11.5 Å². The van der Waals surface area contributed by atoms with Crippen molar-refractivity contribution in [2.24, 2.45) is 5.92 Å².